The summed E-state index contributed by atoms with van der Waals surface area (Å²) in [6, 6.07) is 0. The van der Waals surface area contributed by atoms with Crippen LogP contribution in [-0.2, 0) is 33.3 Å². The van der Waals surface area contributed by atoms with Crippen LogP contribution in [0, 0.1) is 0 Å². The highest BCUT2D eigenvalue weighted by molar-refractivity contribution is 5.71. The van der Waals surface area contributed by atoms with Gasteiger partial charge in [0.2, 0.25) is 0 Å². The molecular weight excluding hydrogens is 1020 g/mol. The number of hydrogen-bond acceptors (Lipinski definition) is 7. The molecule has 9 nitrogen and oxygen atoms in total. The normalized spacial score (nSPS) is 13.3. The topological polar surface area (TPSA) is 108 Å². The van der Waals surface area contributed by atoms with E-state index in [1.807, 2.05) is 21.1 Å². The fourth-order valence-electron chi connectivity index (χ4n) is 9.44. The molecule has 9 heteroatoms. The van der Waals surface area contributed by atoms with E-state index < -0.39 is 24.3 Å². The number of esters is 2. The molecule has 0 aliphatic carbocycles. The molecule has 0 amide bonds. The minimum atomic E-state index is -1.53. The minimum absolute atomic E-state index is 0.175. The summed E-state index contributed by atoms with van der Waals surface area (Å²) in [5, 5.41) is 9.73. The maximum atomic E-state index is 12.9. The molecule has 472 valence electrons. The van der Waals surface area contributed by atoms with Crippen molar-refractivity contribution in [2.75, 3.05) is 47.5 Å². The Kier molecular flexibility index (Phi) is 60.3. The van der Waals surface area contributed by atoms with Crippen LogP contribution in [-0.4, -0.2) is 87.4 Å². The van der Waals surface area contributed by atoms with E-state index in [9.17, 15) is 19.5 Å². The third kappa shape index (κ3) is 63.8. The lowest BCUT2D eigenvalue weighted by atomic mass is 10.0. The van der Waals surface area contributed by atoms with Crippen molar-refractivity contribution in [3.8, 4) is 0 Å². The van der Waals surface area contributed by atoms with Gasteiger partial charge in [0.1, 0.15) is 13.2 Å². The van der Waals surface area contributed by atoms with Gasteiger partial charge in [0, 0.05) is 12.8 Å². The van der Waals surface area contributed by atoms with Gasteiger partial charge < -0.3 is 28.5 Å². The van der Waals surface area contributed by atoms with Gasteiger partial charge in [0.25, 0.3) is 6.29 Å². The SMILES string of the molecule is CC/C=C\C/C=C\C/C=C\C/C=C\C/C=C\C/C=C\C/C=C\C/C=C\CCCCC(=O)OC(COC(=O)CCCCCCCCCCCCCCCCCCCCCCCCCCCCCCCC)COC(OCC[N+](C)(C)C)C(=O)O. The number of rotatable bonds is 62. The molecule has 0 saturated carbocycles. The van der Waals surface area contributed by atoms with E-state index in [-0.39, 0.29) is 32.2 Å². The number of carboxylic acids is 1. The van der Waals surface area contributed by atoms with Gasteiger partial charge in [0.05, 0.1) is 34.4 Å². The van der Waals surface area contributed by atoms with Crippen LogP contribution in [0.1, 0.15) is 290 Å². The molecule has 0 aromatic heterocycles. The molecule has 0 bridgehead atoms. The zero-order valence-electron chi connectivity index (χ0n) is 53.9. The lowest BCUT2D eigenvalue weighted by Gasteiger charge is -2.25. The minimum Gasteiger partial charge on any atom is -0.477 e. The van der Waals surface area contributed by atoms with Gasteiger partial charge >= 0.3 is 17.9 Å². The molecule has 0 aliphatic rings. The van der Waals surface area contributed by atoms with E-state index in [4.69, 9.17) is 18.9 Å². The smallest absolute Gasteiger partial charge is 0.361 e. The Morgan fingerprint density at radius 3 is 1.04 bits per heavy atom. The Morgan fingerprint density at radius 2 is 0.695 bits per heavy atom. The van der Waals surface area contributed by atoms with Crippen molar-refractivity contribution >= 4 is 17.9 Å². The van der Waals surface area contributed by atoms with Crippen LogP contribution in [0.25, 0.3) is 0 Å². The number of ether oxygens (including phenoxy) is 4. The van der Waals surface area contributed by atoms with Crippen LogP contribution in [0.5, 0.6) is 0 Å². The first-order valence-electron chi connectivity index (χ1n) is 33.9. The summed E-state index contributed by atoms with van der Waals surface area (Å²) < 4.78 is 22.9. The van der Waals surface area contributed by atoms with Crippen molar-refractivity contribution in [1.82, 2.24) is 0 Å². The Morgan fingerprint density at radius 1 is 0.378 bits per heavy atom. The highest BCUT2D eigenvalue weighted by Gasteiger charge is 2.25. The van der Waals surface area contributed by atoms with Crippen LogP contribution in [0.4, 0.5) is 0 Å². The number of carbonyl (C=O) groups excluding carboxylic acids is 2. The third-order valence-electron chi connectivity index (χ3n) is 14.6. The molecule has 0 saturated heterocycles. The zero-order valence-corrected chi connectivity index (χ0v) is 53.9. The number of carbonyl (C=O) groups is 3. The second-order valence-corrected chi connectivity index (χ2v) is 23.8. The summed E-state index contributed by atoms with van der Waals surface area (Å²) in [6.07, 6.45) is 83.8. The van der Waals surface area contributed by atoms with E-state index >= 15 is 0 Å². The number of nitrogens with zero attached hydrogens (tertiary/aromatic N) is 1. The number of unbranched alkanes of at least 4 members (excludes halogenated alkanes) is 31. The Balaban J connectivity index is 4.21. The summed E-state index contributed by atoms with van der Waals surface area (Å²) in [4.78, 5) is 37.6. The first kappa shape index (κ1) is 78.2. The van der Waals surface area contributed by atoms with E-state index in [2.05, 4.69) is 111 Å². The van der Waals surface area contributed by atoms with Crippen LogP contribution >= 0.6 is 0 Å². The number of likely N-dealkylation sites (N-methyl/N-ethyl adjacent to an activating group) is 1. The van der Waals surface area contributed by atoms with Gasteiger partial charge in [-0.05, 0) is 77.0 Å². The molecule has 82 heavy (non-hydrogen) atoms. The van der Waals surface area contributed by atoms with Gasteiger partial charge in [0.15, 0.2) is 6.10 Å². The predicted octanol–water partition coefficient (Wildman–Crippen LogP) is 20.9. The molecule has 2 unspecified atom stereocenters. The van der Waals surface area contributed by atoms with Gasteiger partial charge in [-0.3, -0.25) is 9.59 Å². The number of carboxylic acid groups (broad SMARTS) is 1. The molecular formula is C73H128NO8+. The lowest BCUT2D eigenvalue weighted by Crippen LogP contribution is -2.40. The number of allylic oxidation sites excluding steroid dienone is 16. The highest BCUT2D eigenvalue weighted by atomic mass is 16.7. The number of hydrogen-bond donors (Lipinski definition) is 1. The predicted molar refractivity (Wildman–Crippen MR) is 350 cm³/mol. The molecule has 0 aromatic rings. The highest BCUT2D eigenvalue weighted by Crippen LogP contribution is 2.18. The molecule has 0 heterocycles. The van der Waals surface area contributed by atoms with Crippen LogP contribution in [0.3, 0.4) is 0 Å². The monoisotopic (exact) mass is 1150 g/mol. The summed E-state index contributed by atoms with van der Waals surface area (Å²) in [7, 11) is 5.96. The molecule has 0 aliphatic heterocycles. The Labute approximate surface area is 505 Å². The van der Waals surface area contributed by atoms with Crippen molar-refractivity contribution in [2.45, 2.75) is 302 Å². The summed E-state index contributed by atoms with van der Waals surface area (Å²) in [6.45, 7) is 4.74. The van der Waals surface area contributed by atoms with Gasteiger partial charge in [-0.2, -0.15) is 0 Å². The first-order valence-corrected chi connectivity index (χ1v) is 33.9. The largest absolute Gasteiger partial charge is 0.477 e. The second-order valence-electron chi connectivity index (χ2n) is 23.8. The van der Waals surface area contributed by atoms with Gasteiger partial charge in [-0.1, -0.05) is 297 Å². The summed E-state index contributed by atoms with van der Waals surface area (Å²) in [5.41, 5.74) is 0. The van der Waals surface area contributed by atoms with E-state index in [1.165, 1.54) is 173 Å². The van der Waals surface area contributed by atoms with Crippen LogP contribution in [0.15, 0.2) is 97.2 Å². The lowest BCUT2D eigenvalue weighted by molar-refractivity contribution is -0.870. The van der Waals surface area contributed by atoms with E-state index in [1.54, 1.807) is 0 Å². The maximum absolute atomic E-state index is 12.9. The molecule has 0 fully saturated rings. The fourth-order valence-corrected chi connectivity index (χ4v) is 9.44. The van der Waals surface area contributed by atoms with Gasteiger partial charge in [-0.15, -0.1) is 0 Å². The van der Waals surface area contributed by atoms with Crippen molar-refractivity contribution < 1.29 is 42.9 Å². The average molecular weight is 1150 g/mol. The van der Waals surface area contributed by atoms with Gasteiger partial charge in [-0.25, -0.2) is 4.79 Å². The molecule has 0 aromatic carbocycles. The van der Waals surface area contributed by atoms with Crippen molar-refractivity contribution in [2.24, 2.45) is 0 Å². The van der Waals surface area contributed by atoms with Crippen molar-refractivity contribution in [1.29, 1.82) is 0 Å². The van der Waals surface area contributed by atoms with Crippen LogP contribution in [0.2, 0.25) is 0 Å². The Bertz CT molecular complexity index is 1670. The number of aliphatic carboxylic acids is 1. The average Bonchev–Trinajstić information content (AvgIpc) is 3.45. The first-order chi connectivity index (χ1) is 40.1. The molecule has 1 N–H and O–H groups in total. The number of quaternary nitrogens is 1. The van der Waals surface area contributed by atoms with Crippen LogP contribution < -0.4 is 0 Å². The van der Waals surface area contributed by atoms with Crippen molar-refractivity contribution in [3.63, 3.8) is 0 Å². The summed E-state index contributed by atoms with van der Waals surface area (Å²) >= 11 is 0. The molecule has 0 rings (SSSR count). The van der Waals surface area contributed by atoms with E-state index in [0.29, 0.717) is 23.9 Å². The third-order valence-corrected chi connectivity index (χ3v) is 14.6. The zero-order chi connectivity index (χ0) is 59.8. The molecule has 0 radical (unpaired) electrons. The molecule has 0 spiro atoms. The summed E-state index contributed by atoms with van der Waals surface area (Å²) in [5.74, 6) is -2.06. The molecule has 2 atom stereocenters. The Hall–Kier alpha value is -3.79. The van der Waals surface area contributed by atoms with Crippen molar-refractivity contribution in [3.05, 3.63) is 97.2 Å². The maximum Gasteiger partial charge on any atom is 0.361 e. The van der Waals surface area contributed by atoms with E-state index in [0.717, 1.165) is 83.5 Å². The fraction of sp³-hybridized carbons (Fsp3) is 0.740. The quantitative estimate of drug-likeness (QED) is 0.0211. The second kappa shape index (κ2) is 63.2. The standard InChI is InChI=1S/C73H127NO8/c1-6-8-10-12-14-16-18-20-22-24-26-28-30-32-34-35-36-38-39-41-43-45-47-49-51-53-55-57-59-61-63-70(75)80-67-69(68-81-73(72(77)78)79-66-65-74(3,4)5)82-71(76)64-62-60-58-56-54-52-50-48-46-44-42-40-37-33-31-29-27-25-23-21-19-17-15-13-11-9-7-2/h9,11,15,17,21,23,27,29,33,37,42,44,48,50,54,56,69,73H,6-8,10,12-14,16,18-20,22,24-26,28,30-32,34-36,38-41,43,45-47,49,51-53,55,57-68H2,1-5H3/p+1/b11-9-,17-15-,23-21-,29-27-,37-33-,44-42-,50-48-,56-54-.